The lowest BCUT2D eigenvalue weighted by Gasteiger charge is -2.22. The van der Waals surface area contributed by atoms with Gasteiger partial charge in [-0.15, -0.1) is 0 Å². The molecule has 1 aliphatic rings. The fourth-order valence-corrected chi connectivity index (χ4v) is 3.73. The normalized spacial score (nSPS) is 12.4. The van der Waals surface area contributed by atoms with E-state index in [9.17, 15) is 9.59 Å². The molecular formula is C22H24Cl2N2O3. The standard InChI is InChI=1S/C22H24Cl2N2O3/c1-2-10-26(13-21(27)25-20-12-17(23)7-9-19(20)24)22(28)14-29-18-8-6-15-4-3-5-16(15)11-18/h6-9,11-12H,2-5,10,13-14H2,1H3,(H,25,27). The number of ether oxygens (including phenoxy) is 1. The minimum absolute atomic E-state index is 0.0803. The quantitative estimate of drug-likeness (QED) is 0.652. The Morgan fingerprint density at radius 1 is 1.10 bits per heavy atom. The maximum absolute atomic E-state index is 12.6. The lowest BCUT2D eigenvalue weighted by atomic mass is 10.1. The summed E-state index contributed by atoms with van der Waals surface area (Å²) in [5, 5.41) is 3.56. The molecule has 0 saturated carbocycles. The minimum Gasteiger partial charge on any atom is -0.484 e. The van der Waals surface area contributed by atoms with Crippen molar-refractivity contribution in [3.63, 3.8) is 0 Å². The first-order chi connectivity index (χ1) is 14.0. The van der Waals surface area contributed by atoms with Crippen LogP contribution in [0.1, 0.15) is 30.9 Å². The molecule has 29 heavy (non-hydrogen) atoms. The highest BCUT2D eigenvalue weighted by molar-refractivity contribution is 6.35. The second kappa shape index (κ2) is 9.99. The lowest BCUT2D eigenvalue weighted by molar-refractivity contribution is -0.136. The summed E-state index contributed by atoms with van der Waals surface area (Å²) in [4.78, 5) is 26.5. The fraction of sp³-hybridized carbons (Fsp3) is 0.364. The molecule has 0 saturated heterocycles. The Morgan fingerprint density at radius 2 is 1.90 bits per heavy atom. The van der Waals surface area contributed by atoms with E-state index in [0.29, 0.717) is 28.0 Å². The number of amides is 2. The number of anilines is 1. The van der Waals surface area contributed by atoms with Gasteiger partial charge in [0.05, 0.1) is 17.3 Å². The first-order valence-electron chi connectivity index (χ1n) is 9.73. The molecule has 0 radical (unpaired) electrons. The van der Waals surface area contributed by atoms with Crippen LogP contribution in [0.3, 0.4) is 0 Å². The van der Waals surface area contributed by atoms with Crippen molar-refractivity contribution in [3.8, 4) is 5.75 Å². The van der Waals surface area contributed by atoms with Gasteiger partial charge in [0.2, 0.25) is 5.91 Å². The van der Waals surface area contributed by atoms with Gasteiger partial charge >= 0.3 is 0 Å². The largest absolute Gasteiger partial charge is 0.484 e. The topological polar surface area (TPSA) is 58.6 Å². The van der Waals surface area contributed by atoms with Gasteiger partial charge in [-0.2, -0.15) is 0 Å². The van der Waals surface area contributed by atoms with Crippen molar-refractivity contribution in [2.75, 3.05) is 25.0 Å². The van der Waals surface area contributed by atoms with Crippen molar-refractivity contribution in [1.82, 2.24) is 4.90 Å². The van der Waals surface area contributed by atoms with E-state index in [-0.39, 0.29) is 25.0 Å². The van der Waals surface area contributed by atoms with E-state index in [0.717, 1.165) is 25.7 Å². The molecule has 0 heterocycles. The Kier molecular flexibility index (Phi) is 7.40. The van der Waals surface area contributed by atoms with E-state index in [1.165, 1.54) is 16.0 Å². The number of aryl methyl sites for hydroxylation is 2. The molecule has 0 aliphatic heterocycles. The molecule has 1 aliphatic carbocycles. The number of nitrogens with zero attached hydrogens (tertiary/aromatic N) is 1. The van der Waals surface area contributed by atoms with E-state index in [1.807, 2.05) is 19.1 Å². The maximum Gasteiger partial charge on any atom is 0.260 e. The average Bonchev–Trinajstić information content (AvgIpc) is 3.16. The predicted molar refractivity (Wildman–Crippen MR) is 116 cm³/mol. The van der Waals surface area contributed by atoms with E-state index < -0.39 is 0 Å². The molecule has 2 amide bonds. The van der Waals surface area contributed by atoms with Crippen LogP contribution < -0.4 is 10.1 Å². The number of hydrogen-bond donors (Lipinski definition) is 1. The Balaban J connectivity index is 1.57. The molecule has 1 N–H and O–H groups in total. The van der Waals surface area contributed by atoms with Crippen LogP contribution in [-0.2, 0) is 22.4 Å². The Bertz CT molecular complexity index is 902. The van der Waals surface area contributed by atoms with Gasteiger partial charge in [0.1, 0.15) is 5.75 Å². The van der Waals surface area contributed by atoms with Gasteiger partial charge in [-0.25, -0.2) is 0 Å². The molecule has 7 heteroatoms. The molecule has 0 fully saturated rings. The number of fused-ring (bicyclic) bond motifs is 1. The van der Waals surface area contributed by atoms with Crippen LogP contribution in [0.2, 0.25) is 10.0 Å². The van der Waals surface area contributed by atoms with Gasteiger partial charge in [0.25, 0.3) is 5.91 Å². The van der Waals surface area contributed by atoms with Gasteiger partial charge in [-0.1, -0.05) is 36.2 Å². The van der Waals surface area contributed by atoms with Crippen LogP contribution in [0.4, 0.5) is 5.69 Å². The second-order valence-electron chi connectivity index (χ2n) is 7.06. The van der Waals surface area contributed by atoms with Gasteiger partial charge in [0.15, 0.2) is 6.61 Å². The number of carbonyl (C=O) groups excluding carboxylic acids is 2. The number of benzene rings is 2. The second-order valence-corrected chi connectivity index (χ2v) is 7.90. The first-order valence-corrected chi connectivity index (χ1v) is 10.5. The fourth-order valence-electron chi connectivity index (χ4n) is 3.39. The number of hydrogen-bond acceptors (Lipinski definition) is 3. The van der Waals surface area contributed by atoms with Crippen molar-refractivity contribution < 1.29 is 14.3 Å². The summed E-state index contributed by atoms with van der Waals surface area (Å²) in [5.74, 6) is 0.110. The summed E-state index contributed by atoms with van der Waals surface area (Å²) >= 11 is 12.0. The number of halogens is 2. The highest BCUT2D eigenvalue weighted by Crippen LogP contribution is 2.26. The summed E-state index contributed by atoms with van der Waals surface area (Å²) in [6, 6.07) is 10.8. The number of carbonyl (C=O) groups is 2. The van der Waals surface area contributed by atoms with Gasteiger partial charge in [-0.05, 0) is 67.1 Å². The molecule has 154 valence electrons. The molecule has 0 spiro atoms. The zero-order valence-electron chi connectivity index (χ0n) is 16.3. The van der Waals surface area contributed by atoms with Crippen molar-refractivity contribution in [2.45, 2.75) is 32.6 Å². The summed E-state index contributed by atoms with van der Waals surface area (Å²) in [6.07, 6.45) is 4.04. The highest BCUT2D eigenvalue weighted by Gasteiger charge is 2.18. The monoisotopic (exact) mass is 434 g/mol. The third-order valence-electron chi connectivity index (χ3n) is 4.82. The Morgan fingerprint density at radius 3 is 2.69 bits per heavy atom. The summed E-state index contributed by atoms with van der Waals surface area (Å²) in [5.41, 5.74) is 3.06. The molecule has 2 aromatic carbocycles. The van der Waals surface area contributed by atoms with E-state index in [2.05, 4.69) is 11.4 Å². The molecule has 5 nitrogen and oxygen atoms in total. The van der Waals surface area contributed by atoms with E-state index in [4.69, 9.17) is 27.9 Å². The Hall–Kier alpha value is -2.24. The van der Waals surface area contributed by atoms with Gasteiger partial charge in [0, 0.05) is 11.6 Å². The van der Waals surface area contributed by atoms with Crippen LogP contribution >= 0.6 is 23.2 Å². The van der Waals surface area contributed by atoms with Crippen molar-refractivity contribution in [3.05, 3.63) is 57.6 Å². The van der Waals surface area contributed by atoms with Crippen molar-refractivity contribution in [2.24, 2.45) is 0 Å². The lowest BCUT2D eigenvalue weighted by Crippen LogP contribution is -2.41. The summed E-state index contributed by atoms with van der Waals surface area (Å²) in [6.45, 7) is 2.23. The third kappa shape index (κ3) is 5.87. The average molecular weight is 435 g/mol. The zero-order chi connectivity index (χ0) is 20.8. The van der Waals surface area contributed by atoms with E-state index in [1.54, 1.807) is 18.2 Å². The molecule has 0 atom stereocenters. The smallest absolute Gasteiger partial charge is 0.260 e. The highest BCUT2D eigenvalue weighted by atomic mass is 35.5. The first kappa shape index (κ1) is 21.5. The SMILES string of the molecule is CCCN(CC(=O)Nc1cc(Cl)ccc1Cl)C(=O)COc1ccc2c(c1)CCC2. The number of nitrogens with one attached hydrogen (secondary N) is 1. The molecule has 0 aromatic heterocycles. The van der Waals surface area contributed by atoms with Crippen molar-refractivity contribution in [1.29, 1.82) is 0 Å². The summed E-state index contributed by atoms with van der Waals surface area (Å²) < 4.78 is 5.69. The molecule has 0 unspecified atom stereocenters. The van der Waals surface area contributed by atoms with Crippen LogP contribution in [0.25, 0.3) is 0 Å². The van der Waals surface area contributed by atoms with Gasteiger partial charge < -0.3 is 15.0 Å². The van der Waals surface area contributed by atoms with Crippen LogP contribution in [0.5, 0.6) is 5.75 Å². The Labute approximate surface area is 180 Å². The van der Waals surface area contributed by atoms with Gasteiger partial charge in [-0.3, -0.25) is 9.59 Å². The zero-order valence-corrected chi connectivity index (χ0v) is 17.9. The minimum atomic E-state index is -0.339. The molecule has 2 aromatic rings. The van der Waals surface area contributed by atoms with Crippen LogP contribution in [0, 0.1) is 0 Å². The molecular weight excluding hydrogens is 411 g/mol. The van der Waals surface area contributed by atoms with Crippen molar-refractivity contribution >= 4 is 40.7 Å². The summed E-state index contributed by atoms with van der Waals surface area (Å²) in [7, 11) is 0. The molecule has 0 bridgehead atoms. The van der Waals surface area contributed by atoms with Crippen LogP contribution in [-0.4, -0.2) is 36.4 Å². The predicted octanol–water partition coefficient (Wildman–Crippen LogP) is 4.74. The van der Waals surface area contributed by atoms with Crippen LogP contribution in [0.15, 0.2) is 36.4 Å². The molecule has 3 rings (SSSR count). The number of rotatable bonds is 8. The van der Waals surface area contributed by atoms with E-state index >= 15 is 0 Å². The maximum atomic E-state index is 12.6. The third-order valence-corrected chi connectivity index (χ3v) is 5.38.